The molecule has 0 aliphatic carbocycles. The van der Waals surface area contributed by atoms with Crippen LogP contribution in [0.1, 0.15) is 36.0 Å². The highest BCUT2D eigenvalue weighted by Crippen LogP contribution is 2.25. The lowest BCUT2D eigenvalue weighted by atomic mass is 9.96. The number of carbonyl (C=O) groups is 1. The van der Waals surface area contributed by atoms with Crippen molar-refractivity contribution >= 4 is 23.1 Å². The molecule has 130 valence electrons. The third kappa shape index (κ3) is 4.94. The van der Waals surface area contributed by atoms with E-state index in [1.54, 1.807) is 12.1 Å². The van der Waals surface area contributed by atoms with Crippen LogP contribution in [0.5, 0.6) is 0 Å². The highest BCUT2D eigenvalue weighted by Gasteiger charge is 2.11. The molecule has 25 heavy (non-hydrogen) atoms. The summed E-state index contributed by atoms with van der Waals surface area (Å²) in [5.74, 6) is -0.956. The van der Waals surface area contributed by atoms with Gasteiger partial charge in [-0.15, -0.1) is 0 Å². The first-order chi connectivity index (χ1) is 12.1. The van der Waals surface area contributed by atoms with Crippen molar-refractivity contribution in [1.29, 1.82) is 0 Å². The van der Waals surface area contributed by atoms with Gasteiger partial charge in [0.25, 0.3) is 0 Å². The van der Waals surface area contributed by atoms with E-state index in [0.717, 1.165) is 30.8 Å². The highest BCUT2D eigenvalue weighted by molar-refractivity contribution is 6.30. The molecular formula is C21H22ClNO2. The van der Waals surface area contributed by atoms with E-state index in [1.807, 2.05) is 24.3 Å². The standard InChI is InChI=1S/C21H22ClNO2/c22-19-10-8-18(9-11-19)20(14-21(24)25)17-6-4-16(5-7-17)15-23-12-2-1-3-13-23/h4-11,14H,1-3,12-13,15H2,(H,24,25)/b20-14-. The van der Waals surface area contributed by atoms with Gasteiger partial charge in [-0.2, -0.15) is 0 Å². The summed E-state index contributed by atoms with van der Waals surface area (Å²) < 4.78 is 0. The normalized spacial score (nSPS) is 16.0. The Bertz CT molecular complexity index is 744. The molecule has 1 saturated heterocycles. The molecule has 0 aromatic heterocycles. The summed E-state index contributed by atoms with van der Waals surface area (Å²) in [4.78, 5) is 13.7. The number of carboxylic acids is 1. The van der Waals surface area contributed by atoms with Gasteiger partial charge >= 0.3 is 5.97 Å². The lowest BCUT2D eigenvalue weighted by Crippen LogP contribution is -2.29. The van der Waals surface area contributed by atoms with Crippen molar-refractivity contribution in [1.82, 2.24) is 4.90 Å². The van der Waals surface area contributed by atoms with Gasteiger partial charge in [-0.1, -0.05) is 54.4 Å². The topological polar surface area (TPSA) is 40.5 Å². The second-order valence-corrected chi connectivity index (χ2v) is 6.87. The number of likely N-dealkylation sites (tertiary alicyclic amines) is 1. The number of carboxylic acid groups (broad SMARTS) is 1. The predicted octanol–water partition coefficient (Wildman–Crippen LogP) is 4.84. The first-order valence-electron chi connectivity index (χ1n) is 8.64. The maximum Gasteiger partial charge on any atom is 0.328 e. The molecule has 0 amide bonds. The van der Waals surface area contributed by atoms with Crippen LogP contribution in [0.3, 0.4) is 0 Å². The van der Waals surface area contributed by atoms with Gasteiger partial charge in [0, 0.05) is 17.6 Å². The van der Waals surface area contributed by atoms with Crippen molar-refractivity contribution in [2.24, 2.45) is 0 Å². The fraction of sp³-hybridized carbons (Fsp3) is 0.286. The lowest BCUT2D eigenvalue weighted by Gasteiger charge is -2.26. The van der Waals surface area contributed by atoms with E-state index >= 15 is 0 Å². The Balaban J connectivity index is 1.81. The van der Waals surface area contributed by atoms with Crippen LogP contribution in [0.25, 0.3) is 5.57 Å². The number of aliphatic carboxylic acids is 1. The van der Waals surface area contributed by atoms with Gasteiger partial charge in [-0.3, -0.25) is 4.90 Å². The molecule has 0 radical (unpaired) electrons. The van der Waals surface area contributed by atoms with Crippen molar-refractivity contribution in [3.8, 4) is 0 Å². The highest BCUT2D eigenvalue weighted by atomic mass is 35.5. The molecular weight excluding hydrogens is 334 g/mol. The zero-order chi connectivity index (χ0) is 17.6. The Kier molecular flexibility index (Phi) is 5.90. The van der Waals surface area contributed by atoms with Gasteiger partial charge in [0.15, 0.2) is 0 Å². The van der Waals surface area contributed by atoms with Crippen LogP contribution in [0.15, 0.2) is 54.6 Å². The summed E-state index contributed by atoms with van der Waals surface area (Å²) >= 11 is 5.94. The largest absolute Gasteiger partial charge is 0.478 e. The summed E-state index contributed by atoms with van der Waals surface area (Å²) in [7, 11) is 0. The summed E-state index contributed by atoms with van der Waals surface area (Å²) in [5, 5.41) is 9.86. The zero-order valence-corrected chi connectivity index (χ0v) is 14.9. The maximum absolute atomic E-state index is 11.2. The van der Waals surface area contributed by atoms with Gasteiger partial charge < -0.3 is 5.11 Å². The molecule has 1 aliphatic rings. The third-order valence-electron chi connectivity index (χ3n) is 4.54. The molecule has 0 saturated carbocycles. The van der Waals surface area contributed by atoms with Gasteiger partial charge in [0.05, 0.1) is 0 Å². The quantitative estimate of drug-likeness (QED) is 0.780. The average Bonchev–Trinajstić information content (AvgIpc) is 2.62. The van der Waals surface area contributed by atoms with Crippen LogP contribution >= 0.6 is 11.6 Å². The Morgan fingerprint density at radius 2 is 1.52 bits per heavy atom. The second-order valence-electron chi connectivity index (χ2n) is 6.44. The van der Waals surface area contributed by atoms with Crippen molar-refractivity contribution in [2.75, 3.05) is 13.1 Å². The minimum absolute atomic E-state index is 0.635. The van der Waals surface area contributed by atoms with E-state index in [1.165, 1.54) is 30.9 Å². The minimum Gasteiger partial charge on any atom is -0.478 e. The van der Waals surface area contributed by atoms with Crippen LogP contribution in [0.2, 0.25) is 5.02 Å². The summed E-state index contributed by atoms with van der Waals surface area (Å²) in [6.45, 7) is 3.28. The molecule has 0 unspecified atom stereocenters. The smallest absolute Gasteiger partial charge is 0.328 e. The van der Waals surface area contributed by atoms with E-state index in [2.05, 4.69) is 17.0 Å². The zero-order valence-electron chi connectivity index (χ0n) is 14.1. The molecule has 3 nitrogen and oxygen atoms in total. The molecule has 2 aromatic carbocycles. The van der Waals surface area contributed by atoms with Crippen molar-refractivity contribution in [3.63, 3.8) is 0 Å². The molecule has 1 fully saturated rings. The molecule has 1 heterocycles. The third-order valence-corrected chi connectivity index (χ3v) is 4.79. The summed E-state index contributed by atoms with van der Waals surface area (Å²) in [6, 6.07) is 15.4. The minimum atomic E-state index is -0.956. The van der Waals surface area contributed by atoms with Crippen molar-refractivity contribution in [3.05, 3.63) is 76.3 Å². The number of rotatable bonds is 5. The number of piperidine rings is 1. The fourth-order valence-electron chi connectivity index (χ4n) is 3.25. The van der Waals surface area contributed by atoms with E-state index < -0.39 is 5.97 Å². The molecule has 2 aromatic rings. The van der Waals surface area contributed by atoms with E-state index in [-0.39, 0.29) is 0 Å². The van der Waals surface area contributed by atoms with Crippen LogP contribution in [0, 0.1) is 0 Å². The van der Waals surface area contributed by atoms with Gasteiger partial charge in [-0.25, -0.2) is 4.79 Å². The first-order valence-corrected chi connectivity index (χ1v) is 9.02. The fourth-order valence-corrected chi connectivity index (χ4v) is 3.38. The summed E-state index contributed by atoms with van der Waals surface area (Å²) in [5.41, 5.74) is 3.69. The number of hydrogen-bond acceptors (Lipinski definition) is 2. The molecule has 0 atom stereocenters. The molecule has 1 aliphatic heterocycles. The first kappa shape index (κ1) is 17.7. The predicted molar refractivity (Wildman–Crippen MR) is 102 cm³/mol. The maximum atomic E-state index is 11.2. The molecule has 3 rings (SSSR count). The van der Waals surface area contributed by atoms with Crippen molar-refractivity contribution in [2.45, 2.75) is 25.8 Å². The van der Waals surface area contributed by atoms with Crippen LogP contribution in [-0.4, -0.2) is 29.1 Å². The number of benzene rings is 2. The molecule has 1 N–H and O–H groups in total. The Hall–Kier alpha value is -2.10. The van der Waals surface area contributed by atoms with Gasteiger partial charge in [0.2, 0.25) is 0 Å². The van der Waals surface area contributed by atoms with E-state index in [9.17, 15) is 9.90 Å². The molecule has 4 heteroatoms. The monoisotopic (exact) mass is 355 g/mol. The number of nitrogens with zero attached hydrogens (tertiary/aromatic N) is 1. The average molecular weight is 356 g/mol. The van der Waals surface area contributed by atoms with Crippen LogP contribution in [0.4, 0.5) is 0 Å². The SMILES string of the molecule is O=C(O)/C=C(\c1ccc(Cl)cc1)c1ccc(CN2CCCCC2)cc1. The number of halogens is 1. The van der Waals surface area contributed by atoms with Crippen LogP contribution in [-0.2, 0) is 11.3 Å². The Labute approximate surface area is 153 Å². The molecule has 0 spiro atoms. The Morgan fingerprint density at radius 3 is 2.08 bits per heavy atom. The second kappa shape index (κ2) is 8.32. The van der Waals surface area contributed by atoms with E-state index in [0.29, 0.717) is 10.6 Å². The van der Waals surface area contributed by atoms with Crippen molar-refractivity contribution < 1.29 is 9.90 Å². The molecule has 0 bridgehead atoms. The lowest BCUT2D eigenvalue weighted by molar-refractivity contribution is -0.131. The Morgan fingerprint density at radius 1 is 0.960 bits per heavy atom. The van der Waals surface area contributed by atoms with Gasteiger partial charge in [-0.05, 0) is 60.3 Å². The van der Waals surface area contributed by atoms with E-state index in [4.69, 9.17) is 11.6 Å². The summed E-state index contributed by atoms with van der Waals surface area (Å²) in [6.07, 6.45) is 5.14. The van der Waals surface area contributed by atoms with Gasteiger partial charge in [0.1, 0.15) is 0 Å². The van der Waals surface area contributed by atoms with Crippen LogP contribution < -0.4 is 0 Å². The number of hydrogen-bond donors (Lipinski definition) is 1.